The highest BCUT2D eigenvalue weighted by Crippen LogP contribution is 2.51. The Labute approximate surface area is 99.2 Å². The summed E-state index contributed by atoms with van der Waals surface area (Å²) in [7, 11) is 0. The van der Waals surface area contributed by atoms with Crippen molar-refractivity contribution in [3.05, 3.63) is 16.2 Å². The molecule has 1 aliphatic carbocycles. The van der Waals surface area contributed by atoms with E-state index in [1.54, 1.807) is 0 Å². The second-order valence-electron chi connectivity index (χ2n) is 3.48. The molecule has 2 aliphatic rings. The molecular weight excluding hydrogens is 282 g/mol. The number of hydrogen-bond acceptors (Lipinski definition) is 4. The van der Waals surface area contributed by atoms with Crippen molar-refractivity contribution in [1.29, 1.82) is 0 Å². The standard InChI is InChI=1S/C8H6BrN3S2/c9-5-3-4-6(12-11-5)14-7(13)10-8(4)1-2-8/h3H,1-2H2,(H,10,13). The zero-order valence-electron chi connectivity index (χ0n) is 7.08. The zero-order valence-corrected chi connectivity index (χ0v) is 10.3. The van der Waals surface area contributed by atoms with Gasteiger partial charge in [-0.25, -0.2) is 0 Å². The molecule has 1 aliphatic heterocycles. The summed E-state index contributed by atoms with van der Waals surface area (Å²) in [5.41, 5.74) is 1.31. The van der Waals surface area contributed by atoms with Crippen LogP contribution >= 0.6 is 39.9 Å². The molecule has 1 aromatic rings. The molecule has 0 radical (unpaired) electrons. The second-order valence-corrected chi connectivity index (χ2v) is 5.96. The van der Waals surface area contributed by atoms with Crippen LogP contribution in [0.15, 0.2) is 15.7 Å². The van der Waals surface area contributed by atoms with Gasteiger partial charge in [0, 0.05) is 5.56 Å². The lowest BCUT2D eigenvalue weighted by Gasteiger charge is -2.25. The Morgan fingerprint density at radius 3 is 3.00 bits per heavy atom. The van der Waals surface area contributed by atoms with E-state index in [1.165, 1.54) is 17.3 Å². The summed E-state index contributed by atoms with van der Waals surface area (Å²) in [6.07, 6.45) is 2.28. The van der Waals surface area contributed by atoms with Gasteiger partial charge < -0.3 is 5.32 Å². The molecule has 0 saturated heterocycles. The molecule has 72 valence electrons. The molecule has 1 fully saturated rings. The van der Waals surface area contributed by atoms with Crippen molar-refractivity contribution >= 4 is 44.2 Å². The predicted molar refractivity (Wildman–Crippen MR) is 62.2 cm³/mol. The summed E-state index contributed by atoms with van der Waals surface area (Å²) >= 11 is 10.0. The fourth-order valence-electron chi connectivity index (χ4n) is 1.67. The minimum Gasteiger partial charge on any atom is -0.361 e. The molecule has 0 unspecified atom stereocenters. The van der Waals surface area contributed by atoms with E-state index in [1.807, 2.05) is 6.07 Å². The SMILES string of the molecule is S=C1NC2(CC2)c2cc(Br)nnc2S1. The lowest BCUT2D eigenvalue weighted by molar-refractivity contribution is 0.617. The van der Waals surface area contributed by atoms with Crippen molar-refractivity contribution in [2.45, 2.75) is 23.4 Å². The molecule has 6 heteroatoms. The molecule has 1 aromatic heterocycles. The van der Waals surface area contributed by atoms with Gasteiger partial charge in [0.25, 0.3) is 0 Å². The van der Waals surface area contributed by atoms with E-state index in [0.29, 0.717) is 0 Å². The third-order valence-corrected chi connectivity index (χ3v) is 4.05. The van der Waals surface area contributed by atoms with Gasteiger partial charge in [-0.05, 0) is 46.6 Å². The van der Waals surface area contributed by atoms with Crippen LogP contribution in [0.25, 0.3) is 0 Å². The molecule has 0 atom stereocenters. The summed E-state index contributed by atoms with van der Waals surface area (Å²) in [6.45, 7) is 0. The fraction of sp³-hybridized carbons (Fsp3) is 0.375. The average molecular weight is 288 g/mol. The minimum absolute atomic E-state index is 0.0795. The van der Waals surface area contributed by atoms with Crippen molar-refractivity contribution in [3.63, 3.8) is 0 Å². The molecule has 1 saturated carbocycles. The first-order valence-electron chi connectivity index (χ1n) is 4.23. The van der Waals surface area contributed by atoms with Crippen LogP contribution in [0.1, 0.15) is 18.4 Å². The molecule has 0 bridgehead atoms. The molecule has 1 spiro atoms. The van der Waals surface area contributed by atoms with Crippen molar-refractivity contribution in [2.24, 2.45) is 0 Å². The smallest absolute Gasteiger partial charge is 0.140 e. The Morgan fingerprint density at radius 1 is 1.50 bits per heavy atom. The van der Waals surface area contributed by atoms with Gasteiger partial charge in [-0.3, -0.25) is 0 Å². The first-order valence-corrected chi connectivity index (χ1v) is 6.25. The van der Waals surface area contributed by atoms with Gasteiger partial charge in [0.05, 0.1) is 5.54 Å². The molecule has 3 nitrogen and oxygen atoms in total. The predicted octanol–water partition coefficient (Wildman–Crippen LogP) is 2.21. The van der Waals surface area contributed by atoms with Crippen LogP contribution in [0.2, 0.25) is 0 Å². The molecule has 0 amide bonds. The van der Waals surface area contributed by atoms with Crippen LogP contribution in [0.4, 0.5) is 0 Å². The van der Waals surface area contributed by atoms with E-state index in [4.69, 9.17) is 12.2 Å². The van der Waals surface area contributed by atoms with Gasteiger partial charge in [0.1, 0.15) is 13.9 Å². The third-order valence-electron chi connectivity index (χ3n) is 2.53. The van der Waals surface area contributed by atoms with Crippen molar-refractivity contribution < 1.29 is 0 Å². The van der Waals surface area contributed by atoms with Gasteiger partial charge in [-0.15, -0.1) is 10.2 Å². The number of fused-ring (bicyclic) bond motifs is 2. The first kappa shape index (κ1) is 9.06. The Hall–Kier alpha value is -0.200. The number of nitrogens with one attached hydrogen (secondary N) is 1. The zero-order chi connectivity index (χ0) is 9.76. The van der Waals surface area contributed by atoms with Gasteiger partial charge >= 0.3 is 0 Å². The highest BCUT2D eigenvalue weighted by atomic mass is 79.9. The summed E-state index contributed by atoms with van der Waals surface area (Å²) in [4.78, 5) is 0. The highest BCUT2D eigenvalue weighted by molar-refractivity contribution is 9.10. The van der Waals surface area contributed by atoms with E-state index >= 15 is 0 Å². The van der Waals surface area contributed by atoms with Crippen LogP contribution in [0.3, 0.4) is 0 Å². The Bertz CT molecular complexity index is 431. The van der Waals surface area contributed by atoms with E-state index < -0.39 is 0 Å². The van der Waals surface area contributed by atoms with Crippen LogP contribution in [-0.2, 0) is 5.54 Å². The van der Waals surface area contributed by atoms with E-state index in [0.717, 1.165) is 26.8 Å². The molecule has 2 heterocycles. The molecule has 0 aromatic carbocycles. The van der Waals surface area contributed by atoms with Gasteiger partial charge in [-0.1, -0.05) is 12.2 Å². The first-order chi connectivity index (χ1) is 6.70. The quantitative estimate of drug-likeness (QED) is 0.741. The van der Waals surface area contributed by atoms with Gasteiger partial charge in [0.2, 0.25) is 0 Å². The summed E-state index contributed by atoms with van der Waals surface area (Å²) in [5.74, 6) is 0. The maximum absolute atomic E-state index is 5.18. The number of hydrogen-bond donors (Lipinski definition) is 1. The molecule has 3 rings (SSSR count). The monoisotopic (exact) mass is 287 g/mol. The summed E-state index contributed by atoms with van der Waals surface area (Å²) < 4.78 is 1.60. The van der Waals surface area contributed by atoms with E-state index in [2.05, 4.69) is 31.4 Å². The average Bonchev–Trinajstić information content (AvgIpc) is 2.88. The number of thiocarbonyl (C=S) groups is 1. The molecule has 1 N–H and O–H groups in total. The van der Waals surface area contributed by atoms with E-state index in [-0.39, 0.29) is 5.54 Å². The number of nitrogens with zero attached hydrogens (tertiary/aromatic N) is 2. The Balaban J connectivity index is 2.18. The lowest BCUT2D eigenvalue weighted by Crippen LogP contribution is -2.36. The van der Waals surface area contributed by atoms with Crippen LogP contribution in [-0.4, -0.2) is 14.5 Å². The number of thioether (sulfide) groups is 1. The normalized spacial score (nSPS) is 21.6. The van der Waals surface area contributed by atoms with Gasteiger partial charge in [-0.2, -0.15) is 0 Å². The van der Waals surface area contributed by atoms with Crippen LogP contribution < -0.4 is 5.32 Å². The lowest BCUT2D eigenvalue weighted by atomic mass is 10.1. The van der Waals surface area contributed by atoms with Gasteiger partial charge in [0.15, 0.2) is 0 Å². The fourth-order valence-corrected chi connectivity index (χ4v) is 3.28. The topological polar surface area (TPSA) is 37.8 Å². The van der Waals surface area contributed by atoms with Crippen LogP contribution in [0.5, 0.6) is 0 Å². The Morgan fingerprint density at radius 2 is 2.29 bits per heavy atom. The second kappa shape index (κ2) is 2.90. The van der Waals surface area contributed by atoms with Crippen molar-refractivity contribution in [1.82, 2.24) is 15.5 Å². The van der Waals surface area contributed by atoms with Crippen molar-refractivity contribution in [2.75, 3.05) is 0 Å². The Kier molecular flexibility index (Phi) is 1.87. The summed E-state index contributed by atoms with van der Waals surface area (Å²) in [5, 5.41) is 12.4. The number of aromatic nitrogens is 2. The maximum Gasteiger partial charge on any atom is 0.140 e. The highest BCUT2D eigenvalue weighted by Gasteiger charge is 2.49. The molecule has 14 heavy (non-hydrogen) atoms. The van der Waals surface area contributed by atoms with Crippen LogP contribution in [0, 0.1) is 0 Å². The number of halogens is 1. The van der Waals surface area contributed by atoms with E-state index in [9.17, 15) is 0 Å². The molecular formula is C8H6BrN3S2. The maximum atomic E-state index is 5.18. The summed E-state index contributed by atoms with van der Waals surface area (Å²) in [6, 6.07) is 2.04. The third kappa shape index (κ3) is 1.28. The minimum atomic E-state index is 0.0795. The number of rotatable bonds is 0. The van der Waals surface area contributed by atoms with Crippen molar-refractivity contribution in [3.8, 4) is 0 Å². The largest absolute Gasteiger partial charge is 0.361 e.